The Balaban J connectivity index is 1.50. The molecule has 244 valence electrons. The molecule has 7 rings (SSSR count). The molecule has 0 spiro atoms. The minimum absolute atomic E-state index is 0.334. The van der Waals surface area contributed by atoms with Gasteiger partial charge in [0, 0.05) is 43.0 Å². The van der Waals surface area contributed by atoms with Gasteiger partial charge in [0.1, 0.15) is 24.0 Å². The summed E-state index contributed by atoms with van der Waals surface area (Å²) in [5.74, 6) is 1.03. The Morgan fingerprint density at radius 3 is 2.63 bits per heavy atom. The first kappa shape index (κ1) is 31.7. The van der Waals surface area contributed by atoms with Crippen LogP contribution in [0.2, 0.25) is 0 Å². The predicted molar refractivity (Wildman–Crippen MR) is 170 cm³/mol. The highest BCUT2D eigenvalue weighted by Gasteiger charge is 2.38. The lowest BCUT2D eigenvalue weighted by Gasteiger charge is -2.41. The van der Waals surface area contributed by atoms with E-state index in [-0.39, 0.29) is 11.4 Å². The van der Waals surface area contributed by atoms with Gasteiger partial charge in [0.15, 0.2) is 17.6 Å². The van der Waals surface area contributed by atoms with Gasteiger partial charge in [-0.15, -0.1) is 5.10 Å². The lowest BCUT2D eigenvalue weighted by molar-refractivity contribution is -0.164. The standard InChI is InChI=1S/C34H41FN6O5/c1-22-29(30(32(42)43-6)46-33(2,3)4)31-39-13-11-34(5,12-14-39)45-16-8-7-15-44-26-10-9-25(35)18-24(26)17-23-20-36-40(21-23)28-19-27(37-22)41(31)38-28/h7-10,18-21,30H,11-17H2,1-6H3/b8-7+/t30-/m0/s1. The number of aryl methyl sites for hydroxylation is 1. The number of aromatic nitrogens is 5. The molecule has 1 aromatic carbocycles. The third kappa shape index (κ3) is 6.63. The first-order chi connectivity index (χ1) is 21.9. The van der Waals surface area contributed by atoms with Gasteiger partial charge in [-0.25, -0.2) is 18.9 Å². The number of nitrogens with zero attached hydrogens (tertiary/aromatic N) is 6. The molecule has 0 aliphatic carbocycles. The Labute approximate surface area is 267 Å². The Kier molecular flexibility index (Phi) is 8.60. The van der Waals surface area contributed by atoms with Crippen molar-refractivity contribution < 1.29 is 28.1 Å². The summed E-state index contributed by atoms with van der Waals surface area (Å²) < 4.78 is 41.7. The van der Waals surface area contributed by atoms with Gasteiger partial charge in [-0.05, 0) is 77.3 Å². The molecule has 0 radical (unpaired) electrons. The fourth-order valence-electron chi connectivity index (χ4n) is 5.99. The van der Waals surface area contributed by atoms with Crippen LogP contribution >= 0.6 is 0 Å². The van der Waals surface area contributed by atoms with E-state index in [4.69, 9.17) is 29.0 Å². The first-order valence-electron chi connectivity index (χ1n) is 15.6. The van der Waals surface area contributed by atoms with E-state index in [1.807, 2.05) is 52.1 Å². The highest BCUT2D eigenvalue weighted by Crippen LogP contribution is 2.38. The van der Waals surface area contributed by atoms with Crippen molar-refractivity contribution in [3.63, 3.8) is 0 Å². The number of halogens is 1. The van der Waals surface area contributed by atoms with Crippen molar-refractivity contribution in [2.75, 3.05) is 38.3 Å². The van der Waals surface area contributed by atoms with Crippen molar-refractivity contribution in [2.24, 2.45) is 0 Å². The number of fused-ring (bicyclic) bond motifs is 6. The van der Waals surface area contributed by atoms with Crippen molar-refractivity contribution >= 4 is 17.4 Å². The number of carbonyl (C=O) groups excluding carboxylic acids is 1. The van der Waals surface area contributed by atoms with Gasteiger partial charge in [0.05, 0.1) is 36.7 Å². The van der Waals surface area contributed by atoms with Gasteiger partial charge in [-0.3, -0.25) is 0 Å². The molecule has 1 atom stereocenters. The molecule has 12 heteroatoms. The molecule has 3 aliphatic heterocycles. The molecule has 3 aromatic heterocycles. The summed E-state index contributed by atoms with van der Waals surface area (Å²) in [5.41, 5.74) is 2.43. The summed E-state index contributed by atoms with van der Waals surface area (Å²) in [4.78, 5) is 20.4. The van der Waals surface area contributed by atoms with Crippen LogP contribution in [0.25, 0.3) is 11.5 Å². The van der Waals surface area contributed by atoms with Crippen molar-refractivity contribution in [2.45, 2.75) is 71.2 Å². The number of ether oxygens (including phenoxy) is 4. The molecule has 6 bridgehead atoms. The monoisotopic (exact) mass is 632 g/mol. The number of carbonyl (C=O) groups is 1. The van der Waals surface area contributed by atoms with Gasteiger partial charge in [0.2, 0.25) is 0 Å². The SMILES string of the molecule is COC(=O)[C@@H](OC(C)(C)C)c1c(C)nc2cc3nn2c1N1CCC(C)(CC1)OC/C=C/COc1ccc(F)cc1Cc1cnn-3c1. The average molecular weight is 633 g/mol. The number of esters is 1. The number of hydrogen-bond acceptors (Lipinski definition) is 9. The normalized spacial score (nSPS) is 18.2. The second kappa shape index (κ2) is 12.5. The van der Waals surface area contributed by atoms with Crippen molar-refractivity contribution in [1.29, 1.82) is 0 Å². The van der Waals surface area contributed by atoms with Crippen molar-refractivity contribution in [3.8, 4) is 11.6 Å². The molecular formula is C34H41FN6O5. The molecule has 0 unspecified atom stereocenters. The zero-order valence-corrected chi connectivity index (χ0v) is 27.2. The first-order valence-corrected chi connectivity index (χ1v) is 15.6. The van der Waals surface area contributed by atoms with Crippen LogP contribution in [-0.4, -0.2) is 75.0 Å². The van der Waals surface area contributed by atoms with E-state index in [0.717, 1.165) is 24.2 Å². The van der Waals surface area contributed by atoms with E-state index in [2.05, 4.69) is 16.9 Å². The molecule has 0 N–H and O–H groups in total. The summed E-state index contributed by atoms with van der Waals surface area (Å²) in [6, 6.07) is 6.40. The van der Waals surface area contributed by atoms with E-state index in [1.54, 1.807) is 21.5 Å². The molecular weight excluding hydrogens is 591 g/mol. The van der Waals surface area contributed by atoms with Gasteiger partial charge < -0.3 is 23.8 Å². The zero-order valence-electron chi connectivity index (χ0n) is 27.2. The maximum atomic E-state index is 14.3. The maximum absolute atomic E-state index is 14.3. The lowest BCUT2D eigenvalue weighted by Crippen LogP contribution is -2.45. The van der Waals surface area contributed by atoms with Gasteiger partial charge in [0.25, 0.3) is 0 Å². The zero-order chi connectivity index (χ0) is 32.6. The molecule has 4 aromatic rings. The fraction of sp³-hybridized carbons (Fsp3) is 0.471. The number of rotatable bonds is 3. The molecule has 11 nitrogen and oxygen atoms in total. The van der Waals surface area contributed by atoms with Gasteiger partial charge in [-0.2, -0.15) is 9.61 Å². The quantitative estimate of drug-likeness (QED) is 0.220. The molecule has 6 heterocycles. The number of benzene rings is 1. The van der Waals surface area contributed by atoms with E-state index in [0.29, 0.717) is 66.8 Å². The molecule has 3 aliphatic rings. The number of piperidine rings is 1. The summed E-state index contributed by atoms with van der Waals surface area (Å²) in [5, 5.41) is 9.55. The van der Waals surface area contributed by atoms with Crippen molar-refractivity contribution in [1.82, 2.24) is 24.4 Å². The molecule has 46 heavy (non-hydrogen) atoms. The lowest BCUT2D eigenvalue weighted by atomic mass is 9.92. The average Bonchev–Trinajstić information content (AvgIpc) is 3.64. The van der Waals surface area contributed by atoms with Crippen LogP contribution in [0, 0.1) is 12.7 Å². The smallest absolute Gasteiger partial charge is 0.339 e. The van der Waals surface area contributed by atoms with Crippen LogP contribution in [0.4, 0.5) is 10.2 Å². The van der Waals surface area contributed by atoms with Gasteiger partial charge >= 0.3 is 5.97 Å². The Bertz CT molecular complexity index is 1770. The number of anilines is 1. The summed E-state index contributed by atoms with van der Waals surface area (Å²) in [6.45, 7) is 11.8. The highest BCUT2D eigenvalue weighted by molar-refractivity contribution is 5.80. The topological polar surface area (TPSA) is 105 Å². The molecule has 0 amide bonds. The van der Waals surface area contributed by atoms with E-state index in [9.17, 15) is 9.18 Å². The van der Waals surface area contributed by atoms with Crippen LogP contribution in [0.3, 0.4) is 0 Å². The van der Waals surface area contributed by atoms with Crippen LogP contribution in [0.5, 0.6) is 5.75 Å². The highest BCUT2D eigenvalue weighted by atomic mass is 19.1. The minimum Gasteiger partial charge on any atom is -0.489 e. The van der Waals surface area contributed by atoms with Crippen LogP contribution in [0.15, 0.2) is 48.8 Å². The number of hydrogen-bond donors (Lipinski definition) is 0. The van der Waals surface area contributed by atoms with E-state index >= 15 is 0 Å². The Morgan fingerprint density at radius 1 is 1.13 bits per heavy atom. The van der Waals surface area contributed by atoms with Crippen molar-refractivity contribution in [3.05, 3.63) is 77.0 Å². The maximum Gasteiger partial charge on any atom is 0.339 e. The fourth-order valence-corrected chi connectivity index (χ4v) is 5.99. The van der Waals surface area contributed by atoms with Crippen LogP contribution in [0.1, 0.15) is 69.0 Å². The number of methoxy groups -OCH3 is 1. The summed E-state index contributed by atoms with van der Waals surface area (Å²) in [6.07, 6.45) is 8.36. The summed E-state index contributed by atoms with van der Waals surface area (Å²) >= 11 is 0. The molecule has 1 fully saturated rings. The van der Waals surface area contributed by atoms with E-state index < -0.39 is 17.7 Å². The Morgan fingerprint density at radius 2 is 1.89 bits per heavy atom. The minimum atomic E-state index is -1.02. The second-order valence-electron chi connectivity index (χ2n) is 13.1. The summed E-state index contributed by atoms with van der Waals surface area (Å²) in [7, 11) is 1.36. The third-order valence-electron chi connectivity index (χ3n) is 8.38. The molecule has 0 saturated carbocycles. The van der Waals surface area contributed by atoms with E-state index in [1.165, 1.54) is 19.2 Å². The molecule has 1 saturated heterocycles. The largest absolute Gasteiger partial charge is 0.489 e. The third-order valence-corrected chi connectivity index (χ3v) is 8.38. The second-order valence-corrected chi connectivity index (χ2v) is 13.1. The Hall–Kier alpha value is -4.29. The van der Waals surface area contributed by atoms with Crippen LogP contribution in [-0.2, 0) is 25.4 Å². The predicted octanol–water partition coefficient (Wildman–Crippen LogP) is 5.31. The van der Waals surface area contributed by atoms with Crippen LogP contribution < -0.4 is 9.64 Å². The van der Waals surface area contributed by atoms with Gasteiger partial charge in [-0.1, -0.05) is 6.08 Å².